The Bertz CT molecular complexity index is 714. The Morgan fingerprint density at radius 3 is 2.42 bits per heavy atom. The first-order chi connectivity index (χ1) is 12.5. The van der Waals surface area contributed by atoms with Crippen LogP contribution in [0.5, 0.6) is 5.75 Å². The van der Waals surface area contributed by atoms with E-state index < -0.39 is 6.36 Å². The van der Waals surface area contributed by atoms with Crippen LogP contribution in [0.25, 0.3) is 0 Å². The van der Waals surface area contributed by atoms with Crippen molar-refractivity contribution in [2.45, 2.75) is 18.8 Å². The van der Waals surface area contributed by atoms with Crippen molar-refractivity contribution in [3.05, 3.63) is 72.3 Å². The molecular weight excluding hydrogens is 341 g/mol. The third kappa shape index (κ3) is 5.26. The SMILES string of the molecule is FC(F)(F)Oc1ccc(NCCN2CC=CCC2c2ccccc2)cc1. The van der Waals surface area contributed by atoms with E-state index >= 15 is 0 Å². The second kappa shape index (κ2) is 8.27. The molecule has 2 aromatic carbocycles. The molecule has 0 bridgehead atoms. The highest BCUT2D eigenvalue weighted by Crippen LogP contribution is 2.27. The molecule has 3 nitrogen and oxygen atoms in total. The van der Waals surface area contributed by atoms with Crippen LogP contribution in [0, 0.1) is 0 Å². The van der Waals surface area contributed by atoms with Gasteiger partial charge in [-0.2, -0.15) is 0 Å². The number of benzene rings is 2. The van der Waals surface area contributed by atoms with Crippen LogP contribution in [0.3, 0.4) is 0 Å². The van der Waals surface area contributed by atoms with Crippen molar-refractivity contribution >= 4 is 5.69 Å². The summed E-state index contributed by atoms with van der Waals surface area (Å²) in [4.78, 5) is 2.39. The number of hydrogen-bond donors (Lipinski definition) is 1. The zero-order valence-corrected chi connectivity index (χ0v) is 14.2. The van der Waals surface area contributed by atoms with Crippen molar-refractivity contribution in [1.82, 2.24) is 4.90 Å². The van der Waals surface area contributed by atoms with Gasteiger partial charge >= 0.3 is 6.36 Å². The van der Waals surface area contributed by atoms with Gasteiger partial charge in [-0.25, -0.2) is 0 Å². The van der Waals surface area contributed by atoms with Gasteiger partial charge in [0.25, 0.3) is 0 Å². The summed E-state index contributed by atoms with van der Waals surface area (Å²) in [5, 5.41) is 3.25. The maximum Gasteiger partial charge on any atom is 0.573 e. The average molecular weight is 362 g/mol. The van der Waals surface area contributed by atoms with Crippen LogP contribution in [0.1, 0.15) is 18.0 Å². The second-order valence-electron chi connectivity index (χ2n) is 6.13. The van der Waals surface area contributed by atoms with Crippen LogP contribution in [0.2, 0.25) is 0 Å². The van der Waals surface area contributed by atoms with E-state index in [1.165, 1.54) is 17.7 Å². The van der Waals surface area contributed by atoms with Gasteiger partial charge in [0.1, 0.15) is 5.75 Å². The summed E-state index contributed by atoms with van der Waals surface area (Å²) in [5.41, 5.74) is 2.06. The molecule has 0 fully saturated rings. The third-order valence-corrected chi connectivity index (χ3v) is 4.31. The lowest BCUT2D eigenvalue weighted by atomic mass is 9.99. The smallest absolute Gasteiger partial charge is 0.406 e. The Kier molecular flexibility index (Phi) is 5.83. The summed E-state index contributed by atoms with van der Waals surface area (Å²) < 4.78 is 40.4. The van der Waals surface area contributed by atoms with Crippen LogP contribution in [0.4, 0.5) is 18.9 Å². The lowest BCUT2D eigenvalue weighted by Gasteiger charge is -2.33. The van der Waals surface area contributed by atoms with Crippen LogP contribution in [0.15, 0.2) is 66.7 Å². The molecule has 2 aromatic rings. The van der Waals surface area contributed by atoms with Crippen LogP contribution in [-0.2, 0) is 0 Å². The fraction of sp³-hybridized carbons (Fsp3) is 0.300. The first kappa shape index (κ1) is 18.3. The Balaban J connectivity index is 1.53. The highest BCUT2D eigenvalue weighted by molar-refractivity contribution is 5.46. The van der Waals surface area contributed by atoms with Crippen LogP contribution in [-0.4, -0.2) is 30.9 Å². The zero-order chi connectivity index (χ0) is 18.4. The standard InChI is InChI=1S/C20H21F3N2O/c21-20(22,23)26-18-11-9-17(10-12-18)24-13-15-25-14-5-4-8-19(25)16-6-2-1-3-7-16/h1-7,9-12,19,24H,8,13-15H2. The minimum absolute atomic E-state index is 0.214. The van der Waals surface area contributed by atoms with Crippen molar-refractivity contribution in [1.29, 1.82) is 0 Å². The van der Waals surface area contributed by atoms with Gasteiger partial charge in [-0.3, -0.25) is 4.90 Å². The van der Waals surface area contributed by atoms with E-state index in [1.807, 2.05) is 6.07 Å². The van der Waals surface area contributed by atoms with Gasteiger partial charge < -0.3 is 10.1 Å². The summed E-state index contributed by atoms with van der Waals surface area (Å²) >= 11 is 0. The minimum Gasteiger partial charge on any atom is -0.406 e. The van der Waals surface area contributed by atoms with Gasteiger partial charge in [-0.15, -0.1) is 13.2 Å². The molecular formula is C20H21F3N2O. The molecule has 0 saturated carbocycles. The van der Waals surface area contributed by atoms with Gasteiger partial charge in [0.05, 0.1) is 0 Å². The Hall–Kier alpha value is -2.47. The normalized spacial score (nSPS) is 17.9. The Labute approximate surface area is 151 Å². The summed E-state index contributed by atoms with van der Waals surface area (Å²) in [5.74, 6) is -0.214. The maximum absolute atomic E-state index is 12.2. The van der Waals surface area contributed by atoms with Crippen LogP contribution >= 0.6 is 0 Å². The molecule has 3 rings (SSSR count). The molecule has 1 aliphatic heterocycles. The summed E-state index contributed by atoms with van der Waals surface area (Å²) in [7, 11) is 0. The molecule has 6 heteroatoms. The van der Waals surface area contributed by atoms with Crippen LogP contribution < -0.4 is 10.1 Å². The molecule has 138 valence electrons. The lowest BCUT2D eigenvalue weighted by Crippen LogP contribution is -2.35. The van der Waals surface area contributed by atoms with E-state index in [0.717, 1.165) is 25.2 Å². The fourth-order valence-electron chi connectivity index (χ4n) is 3.10. The highest BCUT2D eigenvalue weighted by Gasteiger charge is 2.30. The quantitative estimate of drug-likeness (QED) is 0.732. The van der Waals surface area contributed by atoms with E-state index in [9.17, 15) is 13.2 Å². The van der Waals surface area contributed by atoms with Gasteiger partial charge in [0.15, 0.2) is 0 Å². The number of nitrogens with one attached hydrogen (secondary N) is 1. The van der Waals surface area contributed by atoms with E-state index in [1.54, 1.807) is 12.1 Å². The molecule has 1 aliphatic rings. The number of hydrogen-bond acceptors (Lipinski definition) is 3. The largest absolute Gasteiger partial charge is 0.573 e. The number of ether oxygens (including phenoxy) is 1. The van der Waals surface area contributed by atoms with Gasteiger partial charge in [-0.05, 0) is 36.2 Å². The third-order valence-electron chi connectivity index (χ3n) is 4.31. The van der Waals surface area contributed by atoms with E-state index in [-0.39, 0.29) is 5.75 Å². The lowest BCUT2D eigenvalue weighted by molar-refractivity contribution is -0.274. The first-order valence-corrected chi connectivity index (χ1v) is 8.55. The Morgan fingerprint density at radius 1 is 1.00 bits per heavy atom. The molecule has 0 radical (unpaired) electrons. The molecule has 0 aromatic heterocycles. The molecule has 1 atom stereocenters. The van der Waals surface area contributed by atoms with Crippen molar-refractivity contribution < 1.29 is 17.9 Å². The molecule has 1 unspecified atom stereocenters. The highest BCUT2D eigenvalue weighted by atomic mass is 19.4. The number of nitrogens with zero attached hydrogens (tertiary/aromatic N) is 1. The molecule has 26 heavy (non-hydrogen) atoms. The van der Waals surface area contributed by atoms with E-state index in [0.29, 0.717) is 12.6 Å². The molecule has 1 N–H and O–H groups in total. The summed E-state index contributed by atoms with van der Waals surface area (Å²) in [6, 6.07) is 16.6. The number of anilines is 1. The van der Waals surface area contributed by atoms with Gasteiger partial charge in [-0.1, -0.05) is 42.5 Å². The molecule has 0 amide bonds. The van der Waals surface area contributed by atoms with Gasteiger partial charge in [0, 0.05) is 31.4 Å². The Morgan fingerprint density at radius 2 is 1.73 bits per heavy atom. The monoisotopic (exact) mass is 362 g/mol. The summed E-state index contributed by atoms with van der Waals surface area (Å²) in [6.07, 6.45) is 0.695. The number of rotatable bonds is 6. The first-order valence-electron chi connectivity index (χ1n) is 8.55. The molecule has 0 aliphatic carbocycles. The average Bonchev–Trinajstić information content (AvgIpc) is 2.63. The van der Waals surface area contributed by atoms with Gasteiger partial charge in [0.2, 0.25) is 0 Å². The molecule has 0 spiro atoms. The predicted octanol–water partition coefficient (Wildman–Crippen LogP) is 5.00. The predicted molar refractivity (Wildman–Crippen MR) is 96.1 cm³/mol. The molecule has 0 saturated heterocycles. The zero-order valence-electron chi connectivity index (χ0n) is 14.2. The van der Waals surface area contributed by atoms with Crippen molar-refractivity contribution in [3.63, 3.8) is 0 Å². The molecule has 1 heterocycles. The second-order valence-corrected chi connectivity index (χ2v) is 6.13. The van der Waals surface area contributed by atoms with Crippen molar-refractivity contribution in [2.24, 2.45) is 0 Å². The van der Waals surface area contributed by atoms with Crippen molar-refractivity contribution in [3.8, 4) is 5.75 Å². The summed E-state index contributed by atoms with van der Waals surface area (Å²) in [6.45, 7) is 2.43. The van der Waals surface area contributed by atoms with Crippen molar-refractivity contribution in [2.75, 3.05) is 25.0 Å². The van der Waals surface area contributed by atoms with E-state index in [4.69, 9.17) is 0 Å². The topological polar surface area (TPSA) is 24.5 Å². The number of alkyl halides is 3. The van der Waals surface area contributed by atoms with E-state index in [2.05, 4.69) is 51.4 Å². The maximum atomic E-state index is 12.2. The fourth-order valence-corrected chi connectivity index (χ4v) is 3.10. The minimum atomic E-state index is -4.66. The number of halogens is 3.